The number of hydrogen-bond acceptors (Lipinski definition) is 8. The molecule has 0 rings (SSSR count). The molecule has 0 aromatic heterocycles. The maximum Gasteiger partial charge on any atom is 0.326 e. The number of carbonyl (C=O) groups is 6. The molecule has 0 aliphatic rings. The predicted molar refractivity (Wildman–Crippen MR) is 118 cm³/mol. The van der Waals surface area contributed by atoms with Crippen LogP contribution in [0.25, 0.3) is 0 Å². The third-order valence-electron chi connectivity index (χ3n) is 4.49. The van der Waals surface area contributed by atoms with Gasteiger partial charge in [-0.3, -0.25) is 24.0 Å². The molecule has 0 fully saturated rings. The van der Waals surface area contributed by atoms with Crippen molar-refractivity contribution < 1.29 is 44.1 Å². The first kappa shape index (κ1) is 30.1. The molecule has 33 heavy (non-hydrogen) atoms. The van der Waals surface area contributed by atoms with Gasteiger partial charge in [0.2, 0.25) is 17.7 Å². The Bertz CT molecular complexity index is 732. The predicted octanol–water partition coefficient (Wildman–Crippen LogP) is -1.40. The fourth-order valence-corrected chi connectivity index (χ4v) is 3.10. The monoisotopic (exact) mass is 492 g/mol. The van der Waals surface area contributed by atoms with E-state index in [4.69, 9.17) is 15.9 Å². The summed E-state index contributed by atoms with van der Waals surface area (Å²) in [6.07, 6.45) is 0.479. The van der Waals surface area contributed by atoms with Crippen molar-refractivity contribution in [1.29, 1.82) is 0 Å². The van der Waals surface area contributed by atoms with Crippen LogP contribution in [0.3, 0.4) is 0 Å². The quantitative estimate of drug-likeness (QED) is 0.133. The maximum absolute atomic E-state index is 12.7. The van der Waals surface area contributed by atoms with E-state index < -0.39 is 78.6 Å². The highest BCUT2D eigenvalue weighted by molar-refractivity contribution is 7.98. The van der Waals surface area contributed by atoms with Gasteiger partial charge in [0.25, 0.3) is 0 Å². The lowest BCUT2D eigenvalue weighted by atomic mass is 10.0. The first-order valence-corrected chi connectivity index (χ1v) is 11.5. The number of hydrogen-bond donors (Lipinski definition) is 7. The second-order valence-electron chi connectivity index (χ2n) is 7.61. The Balaban J connectivity index is 5.39. The summed E-state index contributed by atoms with van der Waals surface area (Å²) >= 11 is 1.46. The Morgan fingerprint density at radius 1 is 0.818 bits per heavy atom. The van der Waals surface area contributed by atoms with E-state index in [1.807, 2.05) is 6.26 Å². The molecule has 0 aromatic carbocycles. The summed E-state index contributed by atoms with van der Waals surface area (Å²) < 4.78 is 0. The largest absolute Gasteiger partial charge is 0.481 e. The molecular formula is C19H32N4O9S. The van der Waals surface area contributed by atoms with Gasteiger partial charge in [0.05, 0.1) is 12.5 Å². The van der Waals surface area contributed by atoms with Crippen molar-refractivity contribution in [2.45, 2.75) is 63.7 Å². The molecule has 0 aliphatic heterocycles. The third-order valence-corrected chi connectivity index (χ3v) is 5.13. The maximum atomic E-state index is 12.7. The first-order chi connectivity index (χ1) is 15.3. The zero-order valence-electron chi connectivity index (χ0n) is 18.7. The van der Waals surface area contributed by atoms with Gasteiger partial charge >= 0.3 is 17.9 Å². The molecule has 0 radical (unpaired) electrons. The van der Waals surface area contributed by atoms with Crippen LogP contribution in [0.2, 0.25) is 0 Å². The van der Waals surface area contributed by atoms with E-state index in [0.717, 1.165) is 0 Å². The number of aliphatic carboxylic acids is 3. The summed E-state index contributed by atoms with van der Waals surface area (Å²) in [7, 11) is 0. The molecule has 0 saturated heterocycles. The number of amides is 3. The molecule has 4 unspecified atom stereocenters. The van der Waals surface area contributed by atoms with E-state index in [0.29, 0.717) is 12.2 Å². The van der Waals surface area contributed by atoms with Gasteiger partial charge in [-0.1, -0.05) is 13.8 Å². The van der Waals surface area contributed by atoms with Crippen LogP contribution in [-0.2, 0) is 28.8 Å². The molecule has 13 nitrogen and oxygen atoms in total. The lowest BCUT2D eigenvalue weighted by molar-refractivity contribution is -0.144. The van der Waals surface area contributed by atoms with Gasteiger partial charge in [-0.25, -0.2) is 4.79 Å². The number of carboxylic acids is 3. The fourth-order valence-electron chi connectivity index (χ4n) is 2.61. The van der Waals surface area contributed by atoms with Gasteiger partial charge in [0.1, 0.15) is 18.1 Å². The van der Waals surface area contributed by atoms with Gasteiger partial charge in [0.15, 0.2) is 0 Å². The van der Waals surface area contributed by atoms with Crippen LogP contribution >= 0.6 is 11.8 Å². The molecule has 3 amide bonds. The minimum Gasteiger partial charge on any atom is -0.481 e. The minimum absolute atomic E-state index is 0.304. The van der Waals surface area contributed by atoms with E-state index in [1.54, 1.807) is 13.8 Å². The van der Waals surface area contributed by atoms with Gasteiger partial charge < -0.3 is 37.0 Å². The summed E-state index contributed by atoms with van der Waals surface area (Å²) in [6, 6.07) is -5.26. The Morgan fingerprint density at radius 2 is 1.39 bits per heavy atom. The van der Waals surface area contributed by atoms with Crippen molar-refractivity contribution in [2.75, 3.05) is 12.0 Å². The Hall–Kier alpha value is -2.87. The van der Waals surface area contributed by atoms with E-state index >= 15 is 0 Å². The van der Waals surface area contributed by atoms with Gasteiger partial charge in [0, 0.05) is 6.42 Å². The van der Waals surface area contributed by atoms with Crippen LogP contribution in [0.4, 0.5) is 0 Å². The second kappa shape index (κ2) is 15.1. The highest BCUT2D eigenvalue weighted by Crippen LogP contribution is 2.07. The normalized spacial score (nSPS) is 14.5. The Labute approximate surface area is 195 Å². The van der Waals surface area contributed by atoms with Crippen molar-refractivity contribution in [3.05, 3.63) is 0 Å². The highest BCUT2D eigenvalue weighted by atomic mass is 32.2. The zero-order valence-corrected chi connectivity index (χ0v) is 19.5. The van der Waals surface area contributed by atoms with Crippen LogP contribution in [0.15, 0.2) is 0 Å². The third kappa shape index (κ3) is 12.1. The molecule has 0 spiro atoms. The first-order valence-electron chi connectivity index (χ1n) is 10.1. The Kier molecular flexibility index (Phi) is 13.7. The van der Waals surface area contributed by atoms with Gasteiger partial charge in [-0.15, -0.1) is 0 Å². The van der Waals surface area contributed by atoms with Crippen molar-refractivity contribution in [3.63, 3.8) is 0 Å². The SMILES string of the molecule is CSCCC(N)C(=O)NC(CC(=O)O)C(=O)NC(C(=O)NC(CCC(=O)O)C(=O)O)C(C)C. The molecule has 0 aliphatic carbocycles. The van der Waals surface area contributed by atoms with Crippen molar-refractivity contribution >= 4 is 47.4 Å². The average molecular weight is 493 g/mol. The summed E-state index contributed by atoms with van der Waals surface area (Å²) in [4.78, 5) is 70.8. The number of nitrogens with two attached hydrogens (primary N) is 1. The molecular weight excluding hydrogens is 460 g/mol. The number of carbonyl (C=O) groups excluding carboxylic acids is 3. The van der Waals surface area contributed by atoms with Crippen LogP contribution < -0.4 is 21.7 Å². The van der Waals surface area contributed by atoms with E-state index in [2.05, 4.69) is 16.0 Å². The molecule has 4 atom stereocenters. The second-order valence-corrected chi connectivity index (χ2v) is 8.59. The minimum atomic E-state index is -1.52. The van der Waals surface area contributed by atoms with Crippen LogP contribution in [-0.4, -0.2) is 87.1 Å². The smallest absolute Gasteiger partial charge is 0.326 e. The van der Waals surface area contributed by atoms with Crippen LogP contribution in [0.1, 0.15) is 39.5 Å². The fraction of sp³-hybridized carbons (Fsp3) is 0.684. The van der Waals surface area contributed by atoms with Crippen molar-refractivity contribution in [2.24, 2.45) is 11.7 Å². The van der Waals surface area contributed by atoms with E-state index in [1.165, 1.54) is 11.8 Å². The molecule has 0 bridgehead atoms. The summed E-state index contributed by atoms with van der Waals surface area (Å²) in [6.45, 7) is 3.11. The zero-order chi connectivity index (χ0) is 25.7. The number of carboxylic acid groups (broad SMARTS) is 3. The van der Waals surface area contributed by atoms with Crippen molar-refractivity contribution in [1.82, 2.24) is 16.0 Å². The number of thioether (sulfide) groups is 1. The number of nitrogens with one attached hydrogen (secondary N) is 3. The van der Waals surface area contributed by atoms with Crippen LogP contribution in [0, 0.1) is 5.92 Å². The topological polar surface area (TPSA) is 225 Å². The molecule has 188 valence electrons. The summed E-state index contributed by atoms with van der Waals surface area (Å²) in [5, 5.41) is 33.8. The Morgan fingerprint density at radius 3 is 1.85 bits per heavy atom. The lowest BCUT2D eigenvalue weighted by Crippen LogP contribution is -2.58. The van der Waals surface area contributed by atoms with E-state index in [-0.39, 0.29) is 6.42 Å². The highest BCUT2D eigenvalue weighted by Gasteiger charge is 2.32. The van der Waals surface area contributed by atoms with Crippen molar-refractivity contribution in [3.8, 4) is 0 Å². The van der Waals surface area contributed by atoms with E-state index in [9.17, 15) is 33.9 Å². The van der Waals surface area contributed by atoms with Crippen LogP contribution in [0.5, 0.6) is 0 Å². The molecule has 0 saturated carbocycles. The molecule has 14 heteroatoms. The van der Waals surface area contributed by atoms with Gasteiger partial charge in [-0.2, -0.15) is 11.8 Å². The molecule has 8 N–H and O–H groups in total. The molecule has 0 heterocycles. The van der Waals surface area contributed by atoms with Gasteiger partial charge in [-0.05, 0) is 30.8 Å². The standard InChI is InChI=1S/C19H32N4O9S/c1-9(2)15(18(30)21-11(19(31)32)4-5-13(24)25)23-17(29)12(8-14(26)27)22-16(28)10(20)6-7-33-3/h9-12,15H,4-8,20H2,1-3H3,(H,21,30)(H,22,28)(H,23,29)(H,24,25)(H,26,27)(H,31,32). The summed E-state index contributed by atoms with van der Waals surface area (Å²) in [5.41, 5.74) is 5.75. The number of rotatable bonds is 16. The summed E-state index contributed by atoms with van der Waals surface area (Å²) in [5.74, 6) is -6.63. The average Bonchev–Trinajstić information content (AvgIpc) is 2.71. The molecule has 0 aromatic rings. The lowest BCUT2D eigenvalue weighted by Gasteiger charge is -2.26.